The number of terminal acetylenes is 1. The van der Waals surface area contributed by atoms with Crippen molar-refractivity contribution >= 4 is 22.6 Å². The van der Waals surface area contributed by atoms with Crippen LogP contribution < -0.4 is 4.90 Å². The molecule has 0 bridgehead atoms. The van der Waals surface area contributed by atoms with E-state index < -0.39 is 0 Å². The van der Waals surface area contributed by atoms with Crippen LogP contribution in [0.5, 0.6) is 0 Å². The second kappa shape index (κ2) is 3.88. The molecule has 0 N–H and O–H groups in total. The molecule has 90 valence electrons. The van der Waals surface area contributed by atoms with E-state index in [9.17, 15) is 4.79 Å². The molecular weight excluding hydrogens is 226 g/mol. The first-order valence-electron chi connectivity index (χ1n) is 5.86. The molecule has 4 nitrogen and oxygen atoms in total. The molecular formula is C14H13N3O. The topological polar surface area (TPSA) is 38.1 Å². The van der Waals surface area contributed by atoms with Crippen molar-refractivity contribution < 1.29 is 4.79 Å². The molecule has 1 aromatic carbocycles. The second-order valence-corrected chi connectivity index (χ2v) is 4.60. The number of hydrogen-bond acceptors (Lipinski definition) is 2. The van der Waals surface area contributed by atoms with E-state index >= 15 is 0 Å². The highest BCUT2D eigenvalue weighted by Crippen LogP contribution is 2.27. The minimum atomic E-state index is 0.0249. The third-order valence-corrected chi connectivity index (χ3v) is 3.38. The monoisotopic (exact) mass is 239 g/mol. The van der Waals surface area contributed by atoms with Gasteiger partial charge in [0.1, 0.15) is 0 Å². The zero-order valence-electron chi connectivity index (χ0n) is 10.1. The molecule has 0 radical (unpaired) electrons. The summed E-state index contributed by atoms with van der Waals surface area (Å²) in [5.41, 5.74) is 2.83. The highest BCUT2D eigenvalue weighted by atomic mass is 16.2. The van der Waals surface area contributed by atoms with Crippen molar-refractivity contribution in [1.29, 1.82) is 0 Å². The van der Waals surface area contributed by atoms with E-state index in [1.165, 1.54) is 0 Å². The summed E-state index contributed by atoms with van der Waals surface area (Å²) < 4.78 is 1.95. The van der Waals surface area contributed by atoms with Crippen molar-refractivity contribution in [3.05, 3.63) is 24.5 Å². The van der Waals surface area contributed by atoms with Gasteiger partial charge in [-0.05, 0) is 18.2 Å². The van der Waals surface area contributed by atoms with Crippen LogP contribution in [-0.2, 0) is 11.8 Å². The zero-order chi connectivity index (χ0) is 12.7. The summed E-state index contributed by atoms with van der Waals surface area (Å²) in [4.78, 5) is 17.9. The van der Waals surface area contributed by atoms with E-state index in [1.807, 2.05) is 29.8 Å². The molecule has 1 aromatic heterocycles. The van der Waals surface area contributed by atoms with Crippen molar-refractivity contribution in [1.82, 2.24) is 9.55 Å². The number of imidazole rings is 1. The third kappa shape index (κ3) is 1.56. The van der Waals surface area contributed by atoms with Gasteiger partial charge in [-0.1, -0.05) is 0 Å². The Kier molecular flexibility index (Phi) is 2.34. The molecule has 4 heteroatoms. The van der Waals surface area contributed by atoms with Crippen LogP contribution >= 0.6 is 0 Å². The lowest BCUT2D eigenvalue weighted by Crippen LogP contribution is -2.24. The molecule has 1 atom stereocenters. The number of aryl methyl sites for hydroxylation is 1. The van der Waals surface area contributed by atoms with E-state index in [-0.39, 0.29) is 11.8 Å². The zero-order valence-corrected chi connectivity index (χ0v) is 10.1. The van der Waals surface area contributed by atoms with Gasteiger partial charge in [0.25, 0.3) is 0 Å². The number of fused-ring (bicyclic) bond motifs is 1. The van der Waals surface area contributed by atoms with Crippen LogP contribution in [0, 0.1) is 18.3 Å². The van der Waals surface area contributed by atoms with Gasteiger partial charge >= 0.3 is 0 Å². The van der Waals surface area contributed by atoms with Crippen molar-refractivity contribution in [2.75, 3.05) is 11.4 Å². The van der Waals surface area contributed by atoms with Crippen molar-refractivity contribution in [3.63, 3.8) is 0 Å². The van der Waals surface area contributed by atoms with Crippen LogP contribution in [0.4, 0.5) is 5.69 Å². The Balaban J connectivity index is 2.00. The molecule has 1 saturated heterocycles. The molecule has 18 heavy (non-hydrogen) atoms. The van der Waals surface area contributed by atoms with Crippen molar-refractivity contribution in [2.45, 2.75) is 6.42 Å². The smallest absolute Gasteiger partial charge is 0.228 e. The fraction of sp³-hybridized carbons (Fsp3) is 0.286. The first-order valence-corrected chi connectivity index (χ1v) is 5.86. The predicted molar refractivity (Wildman–Crippen MR) is 70.0 cm³/mol. The molecule has 1 aliphatic rings. The molecule has 2 aromatic rings. The normalized spacial score (nSPS) is 19.4. The number of carbonyl (C=O) groups excluding carboxylic acids is 1. The third-order valence-electron chi connectivity index (χ3n) is 3.38. The molecule has 1 aliphatic heterocycles. The molecule has 0 saturated carbocycles. The average Bonchev–Trinajstić information content (AvgIpc) is 2.93. The van der Waals surface area contributed by atoms with E-state index in [2.05, 4.69) is 10.9 Å². The molecule has 0 aliphatic carbocycles. The summed E-state index contributed by atoms with van der Waals surface area (Å²) in [6, 6.07) is 5.86. The number of benzene rings is 1. The minimum Gasteiger partial charge on any atom is -0.334 e. The maximum absolute atomic E-state index is 11.9. The van der Waals surface area contributed by atoms with Gasteiger partial charge in [0.2, 0.25) is 5.91 Å². The maximum atomic E-state index is 11.9. The van der Waals surface area contributed by atoms with Gasteiger partial charge in [0.15, 0.2) is 0 Å². The predicted octanol–water partition coefficient (Wildman–Crippen LogP) is 1.56. The minimum absolute atomic E-state index is 0.0249. The largest absolute Gasteiger partial charge is 0.334 e. The van der Waals surface area contributed by atoms with E-state index in [0.29, 0.717) is 13.0 Å². The number of rotatable bonds is 1. The first kappa shape index (κ1) is 10.8. The Morgan fingerprint density at radius 3 is 3.06 bits per heavy atom. The Bertz CT molecular complexity index is 665. The number of nitrogens with zero attached hydrogens (tertiary/aromatic N) is 3. The van der Waals surface area contributed by atoms with Gasteiger partial charge < -0.3 is 9.47 Å². The van der Waals surface area contributed by atoms with Gasteiger partial charge in [-0.2, -0.15) is 0 Å². The van der Waals surface area contributed by atoms with Crippen LogP contribution in [0.3, 0.4) is 0 Å². The van der Waals surface area contributed by atoms with E-state index in [4.69, 9.17) is 6.42 Å². The number of anilines is 1. The Morgan fingerprint density at radius 2 is 2.33 bits per heavy atom. The molecule has 1 amide bonds. The summed E-state index contributed by atoms with van der Waals surface area (Å²) in [6.07, 6.45) is 7.60. The van der Waals surface area contributed by atoms with Crippen LogP contribution in [0.1, 0.15) is 6.42 Å². The SMILES string of the molecule is C#CC1CC(=O)N(c2ccc3c(c2)ncn3C)C1. The highest BCUT2D eigenvalue weighted by Gasteiger charge is 2.29. The van der Waals surface area contributed by atoms with Crippen LogP contribution in [0.25, 0.3) is 11.0 Å². The van der Waals surface area contributed by atoms with Crippen molar-refractivity contribution in [3.8, 4) is 12.3 Å². The van der Waals surface area contributed by atoms with E-state index in [1.54, 1.807) is 11.2 Å². The van der Waals surface area contributed by atoms with Crippen LogP contribution in [0.2, 0.25) is 0 Å². The molecule has 1 fully saturated rings. The lowest BCUT2D eigenvalue weighted by atomic mass is 10.1. The molecule has 2 heterocycles. The Labute approximate surface area is 105 Å². The van der Waals surface area contributed by atoms with Gasteiger partial charge in [0, 0.05) is 31.6 Å². The Morgan fingerprint density at radius 1 is 1.50 bits per heavy atom. The van der Waals surface area contributed by atoms with Crippen molar-refractivity contribution in [2.24, 2.45) is 13.0 Å². The average molecular weight is 239 g/mol. The molecule has 1 unspecified atom stereocenters. The summed E-state index contributed by atoms with van der Waals surface area (Å²) in [5, 5.41) is 0. The Hall–Kier alpha value is -2.28. The highest BCUT2D eigenvalue weighted by molar-refractivity contribution is 5.97. The second-order valence-electron chi connectivity index (χ2n) is 4.60. The lowest BCUT2D eigenvalue weighted by Gasteiger charge is -2.15. The summed E-state index contributed by atoms with van der Waals surface area (Å²) in [5.74, 6) is 2.77. The van der Waals surface area contributed by atoms with Gasteiger partial charge in [-0.3, -0.25) is 4.79 Å². The standard InChI is InChI=1S/C14H13N3O/c1-3-10-6-14(18)17(8-10)11-4-5-13-12(7-11)15-9-16(13)2/h1,4-5,7,9-10H,6,8H2,2H3. The first-order chi connectivity index (χ1) is 8.69. The van der Waals surface area contributed by atoms with E-state index in [0.717, 1.165) is 16.7 Å². The van der Waals surface area contributed by atoms with Crippen LogP contribution in [-0.4, -0.2) is 22.0 Å². The van der Waals surface area contributed by atoms with Gasteiger partial charge in [-0.25, -0.2) is 4.98 Å². The van der Waals surface area contributed by atoms with Gasteiger partial charge in [0.05, 0.1) is 17.4 Å². The lowest BCUT2D eigenvalue weighted by molar-refractivity contribution is -0.117. The summed E-state index contributed by atoms with van der Waals surface area (Å²) in [7, 11) is 1.95. The fourth-order valence-corrected chi connectivity index (χ4v) is 2.36. The maximum Gasteiger partial charge on any atom is 0.228 e. The quantitative estimate of drug-likeness (QED) is 0.708. The van der Waals surface area contributed by atoms with Gasteiger partial charge in [-0.15, -0.1) is 12.3 Å². The molecule has 3 rings (SSSR count). The van der Waals surface area contributed by atoms with Crippen LogP contribution in [0.15, 0.2) is 24.5 Å². The fourth-order valence-electron chi connectivity index (χ4n) is 2.36. The summed E-state index contributed by atoms with van der Waals surface area (Å²) in [6.45, 7) is 0.605. The number of carbonyl (C=O) groups is 1. The number of hydrogen-bond donors (Lipinski definition) is 0. The number of amides is 1. The molecule has 0 spiro atoms. The summed E-state index contributed by atoms with van der Waals surface area (Å²) >= 11 is 0. The number of aromatic nitrogens is 2.